The van der Waals surface area contributed by atoms with E-state index in [1.807, 2.05) is 20.8 Å². The molecule has 0 bridgehead atoms. The van der Waals surface area contributed by atoms with Gasteiger partial charge in [-0.3, -0.25) is 0 Å². The van der Waals surface area contributed by atoms with Gasteiger partial charge in [0.15, 0.2) is 0 Å². The van der Waals surface area contributed by atoms with Crippen LogP contribution in [-0.2, 0) is 14.8 Å². The van der Waals surface area contributed by atoms with Gasteiger partial charge in [-0.05, 0) is 57.9 Å². The van der Waals surface area contributed by atoms with E-state index >= 15 is 0 Å². The van der Waals surface area contributed by atoms with E-state index in [0.29, 0.717) is 38.2 Å². The van der Waals surface area contributed by atoms with Crippen molar-refractivity contribution in [1.29, 1.82) is 0 Å². The molecule has 0 aliphatic carbocycles. The normalized spacial score (nSPS) is 20.4. The molecule has 0 aromatic heterocycles. The predicted octanol–water partition coefficient (Wildman–Crippen LogP) is 3.16. The first kappa shape index (κ1) is 21.3. The molecule has 1 amide bonds. The smallest absolute Gasteiger partial charge is 0.410 e. The number of likely N-dealkylation sites (tertiary alicyclic amines) is 1. The summed E-state index contributed by atoms with van der Waals surface area (Å²) >= 11 is 1.67. The van der Waals surface area contributed by atoms with E-state index in [2.05, 4.69) is 0 Å². The zero-order chi connectivity index (χ0) is 20.6. The van der Waals surface area contributed by atoms with Crippen LogP contribution in [0.1, 0.15) is 33.6 Å². The summed E-state index contributed by atoms with van der Waals surface area (Å²) in [5, 5.41) is 0. The third-order valence-electron chi connectivity index (χ3n) is 4.96. The van der Waals surface area contributed by atoms with Crippen LogP contribution in [0.5, 0.6) is 5.75 Å². The van der Waals surface area contributed by atoms with Gasteiger partial charge in [0.1, 0.15) is 11.4 Å². The fourth-order valence-corrected chi connectivity index (χ4v) is 7.18. The lowest BCUT2D eigenvalue weighted by Gasteiger charge is -2.43. The van der Waals surface area contributed by atoms with Crippen LogP contribution in [0.25, 0.3) is 0 Å². The number of piperidine rings is 1. The lowest BCUT2D eigenvalue weighted by atomic mass is 10.0. The van der Waals surface area contributed by atoms with E-state index in [0.717, 1.165) is 5.75 Å². The standard InChI is InChI=1S/C19H28N2O5S2/c1-18(2,3)26-17(22)20-11-9-19(10-12-20)21(13-14-27-19)28(23,24)16-7-5-15(25-4)6-8-16/h5-8H,9-14H2,1-4H3. The number of thioether (sulfide) groups is 1. The monoisotopic (exact) mass is 428 g/mol. The van der Waals surface area contributed by atoms with E-state index in [1.165, 1.54) is 0 Å². The summed E-state index contributed by atoms with van der Waals surface area (Å²) in [5.41, 5.74) is -0.544. The Bertz CT molecular complexity index is 810. The summed E-state index contributed by atoms with van der Waals surface area (Å²) in [7, 11) is -2.07. The molecule has 0 radical (unpaired) electrons. The van der Waals surface area contributed by atoms with E-state index in [1.54, 1.807) is 52.3 Å². The minimum absolute atomic E-state index is 0.268. The number of amides is 1. The van der Waals surface area contributed by atoms with Gasteiger partial charge in [0.05, 0.1) is 16.9 Å². The molecule has 9 heteroatoms. The second-order valence-electron chi connectivity index (χ2n) is 8.01. The van der Waals surface area contributed by atoms with Crippen LogP contribution >= 0.6 is 11.8 Å². The fraction of sp³-hybridized carbons (Fsp3) is 0.632. The van der Waals surface area contributed by atoms with Crippen LogP contribution in [0, 0.1) is 0 Å². The minimum Gasteiger partial charge on any atom is -0.497 e. The van der Waals surface area contributed by atoms with Gasteiger partial charge < -0.3 is 14.4 Å². The second-order valence-corrected chi connectivity index (χ2v) is 11.3. The molecule has 2 heterocycles. The average molecular weight is 429 g/mol. The summed E-state index contributed by atoms with van der Waals surface area (Å²) < 4.78 is 38.8. The first-order valence-electron chi connectivity index (χ1n) is 9.36. The molecule has 7 nitrogen and oxygen atoms in total. The van der Waals surface area contributed by atoms with Gasteiger partial charge in [0, 0.05) is 25.4 Å². The number of ether oxygens (including phenoxy) is 2. The van der Waals surface area contributed by atoms with Gasteiger partial charge in [0.25, 0.3) is 0 Å². The molecular formula is C19H28N2O5S2. The first-order chi connectivity index (χ1) is 13.1. The highest BCUT2D eigenvalue weighted by molar-refractivity contribution is 8.02. The highest BCUT2D eigenvalue weighted by Crippen LogP contribution is 2.46. The predicted molar refractivity (Wildman–Crippen MR) is 109 cm³/mol. The molecule has 3 rings (SSSR count). The molecule has 2 fully saturated rings. The summed E-state index contributed by atoms with van der Waals surface area (Å²) in [4.78, 5) is 13.8. The van der Waals surface area contributed by atoms with Crippen molar-refractivity contribution in [3.63, 3.8) is 0 Å². The van der Waals surface area contributed by atoms with Gasteiger partial charge >= 0.3 is 6.09 Å². The van der Waals surface area contributed by atoms with E-state index < -0.39 is 20.5 Å². The SMILES string of the molecule is COc1ccc(S(=O)(=O)N2CCSC23CCN(C(=O)OC(C)(C)C)CC3)cc1. The summed E-state index contributed by atoms with van der Waals surface area (Å²) in [5.74, 6) is 1.37. The summed E-state index contributed by atoms with van der Waals surface area (Å²) in [6.45, 7) is 6.96. The third kappa shape index (κ3) is 4.26. The number of hydrogen-bond donors (Lipinski definition) is 0. The Hall–Kier alpha value is -1.45. The topological polar surface area (TPSA) is 76.2 Å². The van der Waals surface area contributed by atoms with Gasteiger partial charge in [0.2, 0.25) is 10.0 Å². The Morgan fingerprint density at radius 2 is 1.71 bits per heavy atom. The second kappa shape index (κ2) is 7.76. The summed E-state index contributed by atoms with van der Waals surface area (Å²) in [6.07, 6.45) is 0.841. The Labute approximate surface area is 171 Å². The number of carbonyl (C=O) groups is 1. The molecule has 0 saturated carbocycles. The number of nitrogens with zero attached hydrogens (tertiary/aromatic N) is 2. The van der Waals surface area contributed by atoms with E-state index in [4.69, 9.17) is 9.47 Å². The molecule has 0 atom stereocenters. The first-order valence-corrected chi connectivity index (χ1v) is 11.8. The molecular weight excluding hydrogens is 400 g/mol. The number of carbonyl (C=O) groups excluding carboxylic acids is 1. The van der Waals surface area contributed by atoms with Crippen LogP contribution < -0.4 is 4.74 Å². The maximum absolute atomic E-state index is 13.3. The molecule has 0 N–H and O–H groups in total. The lowest BCUT2D eigenvalue weighted by Crippen LogP contribution is -2.54. The largest absolute Gasteiger partial charge is 0.497 e. The van der Waals surface area contributed by atoms with Crippen LogP contribution in [0.15, 0.2) is 29.2 Å². The van der Waals surface area contributed by atoms with E-state index in [-0.39, 0.29) is 11.0 Å². The number of rotatable bonds is 3. The van der Waals surface area contributed by atoms with Crippen molar-refractivity contribution in [3.05, 3.63) is 24.3 Å². The number of methoxy groups -OCH3 is 1. The molecule has 1 spiro atoms. The van der Waals surface area contributed by atoms with Crippen molar-refractivity contribution in [1.82, 2.24) is 9.21 Å². The Morgan fingerprint density at radius 1 is 1.11 bits per heavy atom. The molecule has 28 heavy (non-hydrogen) atoms. The van der Waals surface area contributed by atoms with Crippen LogP contribution in [0.2, 0.25) is 0 Å². The molecule has 2 aliphatic heterocycles. The highest BCUT2D eigenvalue weighted by Gasteiger charge is 2.50. The minimum atomic E-state index is -3.62. The summed E-state index contributed by atoms with van der Waals surface area (Å²) in [6, 6.07) is 6.49. The maximum atomic E-state index is 13.3. The molecule has 2 aliphatic rings. The lowest BCUT2D eigenvalue weighted by molar-refractivity contribution is 0.0167. The van der Waals surface area contributed by atoms with Gasteiger partial charge in [-0.25, -0.2) is 13.2 Å². The van der Waals surface area contributed by atoms with Crippen molar-refractivity contribution in [2.45, 2.75) is 49.0 Å². The number of benzene rings is 1. The van der Waals surface area contributed by atoms with E-state index in [9.17, 15) is 13.2 Å². The number of hydrogen-bond acceptors (Lipinski definition) is 6. The van der Waals surface area contributed by atoms with Crippen molar-refractivity contribution in [2.75, 3.05) is 32.5 Å². The van der Waals surface area contributed by atoms with Gasteiger partial charge in [-0.2, -0.15) is 4.31 Å². The fourth-order valence-electron chi connectivity index (χ4n) is 3.57. The van der Waals surface area contributed by atoms with Gasteiger partial charge in [-0.1, -0.05) is 0 Å². The van der Waals surface area contributed by atoms with Crippen molar-refractivity contribution in [2.24, 2.45) is 0 Å². The Morgan fingerprint density at radius 3 is 2.25 bits per heavy atom. The van der Waals surface area contributed by atoms with Crippen molar-refractivity contribution < 1.29 is 22.7 Å². The maximum Gasteiger partial charge on any atom is 0.410 e. The quantitative estimate of drug-likeness (QED) is 0.736. The molecule has 0 unspecified atom stereocenters. The highest BCUT2D eigenvalue weighted by atomic mass is 32.2. The van der Waals surface area contributed by atoms with Gasteiger partial charge in [-0.15, -0.1) is 11.8 Å². The van der Waals surface area contributed by atoms with Crippen LogP contribution in [0.3, 0.4) is 0 Å². The van der Waals surface area contributed by atoms with Crippen LogP contribution in [-0.4, -0.2) is 66.7 Å². The average Bonchev–Trinajstić information content (AvgIpc) is 3.04. The Kier molecular flexibility index (Phi) is 5.89. The number of sulfonamides is 1. The zero-order valence-corrected chi connectivity index (χ0v) is 18.4. The molecule has 2 saturated heterocycles. The zero-order valence-electron chi connectivity index (χ0n) is 16.8. The molecule has 1 aromatic rings. The Balaban J connectivity index is 1.75. The van der Waals surface area contributed by atoms with Crippen LogP contribution in [0.4, 0.5) is 4.79 Å². The third-order valence-corrected chi connectivity index (χ3v) is 8.61. The van der Waals surface area contributed by atoms with Crippen molar-refractivity contribution >= 4 is 27.9 Å². The van der Waals surface area contributed by atoms with Crippen molar-refractivity contribution in [3.8, 4) is 5.75 Å². The molecule has 156 valence electrons. The molecule has 1 aromatic carbocycles.